The van der Waals surface area contributed by atoms with Crippen LogP contribution in [0.15, 0.2) is 50.9 Å². The maximum absolute atomic E-state index is 6.36. The lowest BCUT2D eigenvalue weighted by Gasteiger charge is -2.13. The highest BCUT2D eigenvalue weighted by molar-refractivity contribution is 9.10. The number of aromatic nitrogens is 1. The standard InChI is InChI=1S/C15H16BrClN2S/c1-10(2)19-9-11-5-3-7-13(17)14(11)20-15-12(16)6-4-8-18-15/h3-8,10,19H,9H2,1-2H3. The van der Waals surface area contributed by atoms with Crippen LogP contribution < -0.4 is 5.32 Å². The Balaban J connectivity index is 2.28. The fourth-order valence-electron chi connectivity index (χ4n) is 1.66. The van der Waals surface area contributed by atoms with Crippen molar-refractivity contribution in [3.63, 3.8) is 0 Å². The number of halogens is 2. The molecule has 0 radical (unpaired) electrons. The van der Waals surface area contributed by atoms with Gasteiger partial charge in [-0.1, -0.05) is 49.3 Å². The molecule has 5 heteroatoms. The summed E-state index contributed by atoms with van der Waals surface area (Å²) in [6, 6.07) is 10.3. The summed E-state index contributed by atoms with van der Waals surface area (Å²) in [4.78, 5) is 5.45. The molecule has 0 saturated heterocycles. The van der Waals surface area contributed by atoms with Crippen molar-refractivity contribution in [2.75, 3.05) is 0 Å². The van der Waals surface area contributed by atoms with Crippen molar-refractivity contribution < 1.29 is 0 Å². The molecule has 0 unspecified atom stereocenters. The first-order chi connectivity index (χ1) is 9.58. The molecule has 0 spiro atoms. The number of rotatable bonds is 5. The lowest BCUT2D eigenvalue weighted by Crippen LogP contribution is -2.22. The third-order valence-electron chi connectivity index (χ3n) is 2.67. The van der Waals surface area contributed by atoms with E-state index in [1.54, 1.807) is 18.0 Å². The molecule has 0 aliphatic heterocycles. The van der Waals surface area contributed by atoms with Gasteiger partial charge in [-0.3, -0.25) is 0 Å². The summed E-state index contributed by atoms with van der Waals surface area (Å²) < 4.78 is 0.979. The lowest BCUT2D eigenvalue weighted by molar-refractivity contribution is 0.585. The Labute approximate surface area is 137 Å². The summed E-state index contributed by atoms with van der Waals surface area (Å²) in [6.07, 6.45) is 1.79. The van der Waals surface area contributed by atoms with Gasteiger partial charge < -0.3 is 5.32 Å². The van der Waals surface area contributed by atoms with Crippen molar-refractivity contribution in [2.24, 2.45) is 0 Å². The predicted octanol–water partition coefficient (Wildman–Crippen LogP) is 5.15. The van der Waals surface area contributed by atoms with E-state index >= 15 is 0 Å². The number of nitrogens with zero attached hydrogens (tertiary/aromatic N) is 1. The van der Waals surface area contributed by atoms with E-state index < -0.39 is 0 Å². The zero-order chi connectivity index (χ0) is 14.5. The second-order valence-corrected chi connectivity index (χ2v) is 6.92. The van der Waals surface area contributed by atoms with E-state index in [1.807, 2.05) is 24.3 Å². The summed E-state index contributed by atoms with van der Waals surface area (Å²) in [5.41, 5.74) is 1.19. The van der Waals surface area contributed by atoms with Crippen LogP contribution in [0.25, 0.3) is 0 Å². The van der Waals surface area contributed by atoms with Gasteiger partial charge >= 0.3 is 0 Å². The molecular formula is C15H16BrClN2S. The first-order valence-electron chi connectivity index (χ1n) is 6.37. The van der Waals surface area contributed by atoms with E-state index in [4.69, 9.17) is 11.6 Å². The topological polar surface area (TPSA) is 24.9 Å². The van der Waals surface area contributed by atoms with Crippen LogP contribution in [0, 0.1) is 0 Å². The number of benzene rings is 1. The van der Waals surface area contributed by atoms with E-state index in [-0.39, 0.29) is 0 Å². The monoisotopic (exact) mass is 370 g/mol. The quantitative estimate of drug-likeness (QED) is 0.787. The molecule has 0 saturated carbocycles. The van der Waals surface area contributed by atoms with Crippen LogP contribution in [0.2, 0.25) is 5.02 Å². The van der Waals surface area contributed by atoms with E-state index in [2.05, 4.69) is 46.1 Å². The van der Waals surface area contributed by atoms with E-state index in [0.29, 0.717) is 6.04 Å². The van der Waals surface area contributed by atoms with Crippen LogP contribution >= 0.6 is 39.3 Å². The Hall–Kier alpha value is -0.550. The molecule has 0 aliphatic carbocycles. The highest BCUT2D eigenvalue weighted by Gasteiger charge is 2.11. The largest absolute Gasteiger partial charge is 0.310 e. The molecule has 20 heavy (non-hydrogen) atoms. The summed E-state index contributed by atoms with van der Waals surface area (Å²) in [6.45, 7) is 5.06. The molecule has 1 N–H and O–H groups in total. The second kappa shape index (κ2) is 7.46. The summed E-state index contributed by atoms with van der Waals surface area (Å²) in [5.74, 6) is 0. The minimum absolute atomic E-state index is 0.438. The van der Waals surface area contributed by atoms with Gasteiger partial charge in [0.15, 0.2) is 0 Å². The first-order valence-corrected chi connectivity index (χ1v) is 8.36. The fourth-order valence-corrected chi connectivity index (χ4v) is 3.38. The van der Waals surface area contributed by atoms with Gasteiger partial charge in [0.05, 0.1) is 9.50 Å². The van der Waals surface area contributed by atoms with Crippen molar-refractivity contribution in [3.8, 4) is 0 Å². The van der Waals surface area contributed by atoms with Crippen LogP contribution in [-0.4, -0.2) is 11.0 Å². The first kappa shape index (κ1) is 15.8. The van der Waals surface area contributed by atoms with Gasteiger partial charge in [0, 0.05) is 23.7 Å². The molecule has 0 atom stereocenters. The zero-order valence-electron chi connectivity index (χ0n) is 11.4. The Morgan fingerprint density at radius 3 is 2.80 bits per heavy atom. The number of pyridine rings is 1. The van der Waals surface area contributed by atoms with Gasteiger partial charge in [0.1, 0.15) is 5.03 Å². The van der Waals surface area contributed by atoms with Gasteiger partial charge in [-0.05, 0) is 39.7 Å². The van der Waals surface area contributed by atoms with E-state index in [9.17, 15) is 0 Å². The zero-order valence-corrected chi connectivity index (χ0v) is 14.5. The van der Waals surface area contributed by atoms with Gasteiger partial charge in [-0.2, -0.15) is 0 Å². The molecule has 2 nitrogen and oxygen atoms in total. The Bertz CT molecular complexity index is 590. The molecule has 0 amide bonds. The molecule has 1 aromatic carbocycles. The summed E-state index contributed by atoms with van der Waals surface area (Å²) >= 11 is 11.5. The van der Waals surface area contributed by atoms with Crippen LogP contribution in [0.3, 0.4) is 0 Å². The summed E-state index contributed by atoms with van der Waals surface area (Å²) in [7, 11) is 0. The molecule has 2 aromatic rings. The second-order valence-electron chi connectivity index (χ2n) is 4.66. The van der Waals surface area contributed by atoms with Crippen LogP contribution in [-0.2, 0) is 6.54 Å². The molecule has 106 valence electrons. The maximum atomic E-state index is 6.36. The Morgan fingerprint density at radius 1 is 1.30 bits per heavy atom. The van der Waals surface area contributed by atoms with Crippen molar-refractivity contribution in [3.05, 3.63) is 51.6 Å². The highest BCUT2D eigenvalue weighted by atomic mass is 79.9. The van der Waals surface area contributed by atoms with Crippen LogP contribution in [0.4, 0.5) is 0 Å². The normalized spacial score (nSPS) is 11.1. The molecule has 0 bridgehead atoms. The lowest BCUT2D eigenvalue weighted by atomic mass is 10.2. The van der Waals surface area contributed by atoms with Crippen LogP contribution in [0.1, 0.15) is 19.4 Å². The summed E-state index contributed by atoms with van der Waals surface area (Å²) in [5, 5.41) is 5.11. The molecular weight excluding hydrogens is 356 g/mol. The van der Waals surface area contributed by atoms with Gasteiger partial charge in [-0.15, -0.1) is 0 Å². The average Bonchev–Trinajstić information content (AvgIpc) is 2.41. The van der Waals surface area contributed by atoms with Gasteiger partial charge in [0.2, 0.25) is 0 Å². The molecule has 1 heterocycles. The van der Waals surface area contributed by atoms with E-state index in [0.717, 1.165) is 26.0 Å². The molecule has 2 rings (SSSR count). The van der Waals surface area contributed by atoms with Crippen LogP contribution in [0.5, 0.6) is 0 Å². The smallest absolute Gasteiger partial charge is 0.115 e. The molecule has 1 aromatic heterocycles. The highest BCUT2D eigenvalue weighted by Crippen LogP contribution is 2.37. The predicted molar refractivity (Wildman–Crippen MR) is 89.5 cm³/mol. The minimum atomic E-state index is 0.438. The SMILES string of the molecule is CC(C)NCc1cccc(Cl)c1Sc1ncccc1Br. The average molecular weight is 372 g/mol. The Morgan fingerprint density at radius 2 is 2.10 bits per heavy atom. The van der Waals surface area contributed by atoms with Crippen molar-refractivity contribution in [1.29, 1.82) is 0 Å². The third kappa shape index (κ3) is 4.22. The fraction of sp³-hybridized carbons (Fsp3) is 0.267. The number of nitrogens with one attached hydrogen (secondary N) is 1. The maximum Gasteiger partial charge on any atom is 0.115 e. The van der Waals surface area contributed by atoms with E-state index in [1.165, 1.54) is 5.56 Å². The van der Waals surface area contributed by atoms with Crippen molar-refractivity contribution in [1.82, 2.24) is 10.3 Å². The minimum Gasteiger partial charge on any atom is -0.310 e. The van der Waals surface area contributed by atoms with Crippen molar-refractivity contribution in [2.45, 2.75) is 36.4 Å². The number of hydrogen-bond acceptors (Lipinski definition) is 3. The third-order valence-corrected chi connectivity index (χ3v) is 5.21. The molecule has 0 fully saturated rings. The van der Waals surface area contributed by atoms with Gasteiger partial charge in [-0.25, -0.2) is 4.98 Å². The van der Waals surface area contributed by atoms with Gasteiger partial charge in [0.25, 0.3) is 0 Å². The Kier molecular flexibility index (Phi) is 5.90. The van der Waals surface area contributed by atoms with Crippen molar-refractivity contribution >= 4 is 39.3 Å². The number of hydrogen-bond donors (Lipinski definition) is 1. The molecule has 0 aliphatic rings.